The molecule has 1 fully saturated rings. The predicted octanol–water partition coefficient (Wildman–Crippen LogP) is 2.72. The molecule has 0 radical (unpaired) electrons. The fraction of sp³-hybridized carbons (Fsp3) is 0.480. The van der Waals surface area contributed by atoms with Crippen LogP contribution in [0.5, 0.6) is 0 Å². The van der Waals surface area contributed by atoms with Crippen molar-refractivity contribution < 1.29 is 14.7 Å². The van der Waals surface area contributed by atoms with Crippen molar-refractivity contribution in [3.05, 3.63) is 58.5 Å². The largest absolute Gasteiger partial charge is 0.391 e. The van der Waals surface area contributed by atoms with Gasteiger partial charge in [-0.3, -0.25) is 14.7 Å². The van der Waals surface area contributed by atoms with Gasteiger partial charge in [0.1, 0.15) is 6.04 Å². The number of amides is 2. The number of H-pyrrole nitrogens is 1. The number of rotatable bonds is 7. The lowest BCUT2D eigenvalue weighted by Crippen LogP contribution is -2.48. The first-order valence-electron chi connectivity index (χ1n) is 11.7. The Bertz CT molecular complexity index is 1080. The summed E-state index contributed by atoms with van der Waals surface area (Å²) in [6.07, 6.45) is -0.486. The molecule has 2 aliphatic heterocycles. The zero-order valence-corrected chi connectivity index (χ0v) is 20.9. The van der Waals surface area contributed by atoms with Crippen molar-refractivity contribution in [2.75, 3.05) is 12.4 Å². The first-order chi connectivity index (χ1) is 16.2. The van der Waals surface area contributed by atoms with Gasteiger partial charge < -0.3 is 20.6 Å². The lowest BCUT2D eigenvalue weighted by Gasteiger charge is -2.29. The summed E-state index contributed by atoms with van der Waals surface area (Å²) in [5.74, 6) is -0.00242. The summed E-state index contributed by atoms with van der Waals surface area (Å²) in [5, 5.41) is 23.8. The van der Waals surface area contributed by atoms with Gasteiger partial charge in [-0.2, -0.15) is 5.10 Å². The zero-order valence-electron chi connectivity index (χ0n) is 20.1. The molecule has 9 heteroatoms. The number of nitrogens with one attached hydrogen (secondary N) is 3. The van der Waals surface area contributed by atoms with Crippen LogP contribution in [0.3, 0.4) is 0 Å². The molecule has 3 atom stereocenters. The molecule has 0 unspecified atom stereocenters. The molecule has 1 aromatic heterocycles. The molecular formula is C25H33N5O3S. The highest BCUT2D eigenvalue weighted by molar-refractivity contribution is 8.08. The fourth-order valence-electron chi connectivity index (χ4n) is 4.62. The molecular weight excluding hydrogens is 450 g/mol. The van der Waals surface area contributed by atoms with Gasteiger partial charge >= 0.3 is 0 Å². The van der Waals surface area contributed by atoms with E-state index in [-0.39, 0.29) is 30.7 Å². The van der Waals surface area contributed by atoms with Crippen molar-refractivity contribution in [3.8, 4) is 0 Å². The normalized spacial score (nSPS) is 21.2. The van der Waals surface area contributed by atoms with Gasteiger partial charge in [0.05, 0.1) is 23.6 Å². The van der Waals surface area contributed by atoms with Crippen LogP contribution < -0.4 is 10.6 Å². The highest BCUT2D eigenvalue weighted by atomic mass is 32.2. The third-order valence-corrected chi connectivity index (χ3v) is 7.54. The lowest BCUT2D eigenvalue weighted by molar-refractivity contribution is -0.140. The topological polar surface area (TPSA) is 110 Å². The second-order valence-corrected chi connectivity index (χ2v) is 10.4. The molecule has 182 valence electrons. The molecule has 1 saturated heterocycles. The number of aliphatic hydroxyl groups is 1. The molecule has 2 aromatic rings. The maximum atomic E-state index is 13.5. The maximum Gasteiger partial charge on any atom is 0.243 e. The van der Waals surface area contributed by atoms with Gasteiger partial charge in [0.25, 0.3) is 0 Å². The van der Waals surface area contributed by atoms with E-state index in [9.17, 15) is 14.7 Å². The number of aliphatic hydroxyl groups excluding tert-OH is 1. The number of aryl methyl sites for hydroxylation is 1. The van der Waals surface area contributed by atoms with Crippen LogP contribution in [0.1, 0.15) is 55.6 Å². The number of benzene rings is 1. The Kier molecular flexibility index (Phi) is 7.33. The van der Waals surface area contributed by atoms with Gasteiger partial charge in [0.15, 0.2) is 0 Å². The van der Waals surface area contributed by atoms with Crippen LogP contribution >= 0.6 is 11.8 Å². The first kappa shape index (κ1) is 24.3. The van der Waals surface area contributed by atoms with Crippen molar-refractivity contribution in [3.63, 3.8) is 0 Å². The Morgan fingerprint density at radius 1 is 1.26 bits per heavy atom. The van der Waals surface area contributed by atoms with Gasteiger partial charge in [-0.1, -0.05) is 38.1 Å². The molecule has 4 rings (SSSR count). The molecule has 2 aliphatic rings. The van der Waals surface area contributed by atoms with Gasteiger partial charge in [0, 0.05) is 35.8 Å². The second-order valence-electron chi connectivity index (χ2n) is 9.43. The molecule has 1 aromatic carbocycles. The van der Waals surface area contributed by atoms with Crippen LogP contribution in [0.15, 0.2) is 36.0 Å². The van der Waals surface area contributed by atoms with Crippen LogP contribution in [0.2, 0.25) is 0 Å². The van der Waals surface area contributed by atoms with E-state index in [4.69, 9.17) is 0 Å². The summed E-state index contributed by atoms with van der Waals surface area (Å²) in [7, 11) is 0. The number of carbonyl (C=O) groups excluding carboxylic acids is 2. The van der Waals surface area contributed by atoms with Crippen LogP contribution in [0, 0.1) is 12.8 Å². The number of aromatic amines is 1. The van der Waals surface area contributed by atoms with Crippen LogP contribution in [0.25, 0.3) is 4.91 Å². The number of nitrogens with zero attached hydrogens (tertiary/aromatic N) is 2. The molecule has 3 heterocycles. The summed E-state index contributed by atoms with van der Waals surface area (Å²) in [6, 6.07) is 9.32. The SMILES string of the molecule is CC1=C(c2ccc(CNC(=O)[C@@H]3C[C@@H](O)CN3C(=O)[C@@H](c3cc(C)[nH]n3)C(C)C)cc2)SCN1. The summed E-state index contributed by atoms with van der Waals surface area (Å²) in [5.41, 5.74) is 4.87. The van der Waals surface area contributed by atoms with Crippen LogP contribution in [0.4, 0.5) is 0 Å². The Labute approximate surface area is 204 Å². The Morgan fingerprint density at radius 3 is 2.59 bits per heavy atom. The van der Waals surface area contributed by atoms with Gasteiger partial charge in [-0.15, -0.1) is 11.8 Å². The fourth-order valence-corrected chi connectivity index (χ4v) is 5.65. The molecule has 0 spiro atoms. The van der Waals surface area contributed by atoms with Gasteiger partial charge in [-0.05, 0) is 37.0 Å². The first-order valence-corrected chi connectivity index (χ1v) is 12.7. The number of hydrogen-bond donors (Lipinski definition) is 4. The molecule has 34 heavy (non-hydrogen) atoms. The minimum atomic E-state index is -0.721. The van der Waals surface area contributed by atoms with E-state index in [1.165, 1.54) is 15.5 Å². The summed E-state index contributed by atoms with van der Waals surface area (Å²) < 4.78 is 0. The highest BCUT2D eigenvalue weighted by Gasteiger charge is 2.42. The van der Waals surface area contributed by atoms with Crippen molar-refractivity contribution in [1.82, 2.24) is 25.7 Å². The van der Waals surface area contributed by atoms with Crippen molar-refractivity contribution in [2.24, 2.45) is 5.92 Å². The number of hydrogen-bond acceptors (Lipinski definition) is 6. The smallest absolute Gasteiger partial charge is 0.243 e. The Balaban J connectivity index is 1.42. The molecule has 0 saturated carbocycles. The quantitative estimate of drug-likeness (QED) is 0.482. The molecule has 0 aliphatic carbocycles. The molecule has 8 nitrogen and oxygen atoms in total. The van der Waals surface area contributed by atoms with E-state index in [0.29, 0.717) is 12.2 Å². The summed E-state index contributed by atoms with van der Waals surface area (Å²) in [6.45, 7) is 8.42. The standard InChI is InChI=1S/C25H33N5O3S/c1-14(2)22(20-9-15(3)28-29-20)25(33)30-12-19(31)10-21(30)24(32)26-11-17-5-7-18(8-6-17)23-16(4)27-13-34-23/h5-9,14,19,21-22,27,31H,10-13H2,1-4H3,(H,26,32)(H,28,29)/t19-,21+,22-/m1/s1. The predicted molar refractivity (Wildman–Crippen MR) is 134 cm³/mol. The average Bonchev–Trinajstić information content (AvgIpc) is 3.52. The van der Waals surface area contributed by atoms with Crippen LogP contribution in [-0.4, -0.2) is 56.6 Å². The maximum absolute atomic E-state index is 13.5. The van der Waals surface area contributed by atoms with Crippen LogP contribution in [-0.2, 0) is 16.1 Å². The number of carbonyl (C=O) groups is 2. The Hall–Kier alpha value is -2.78. The lowest BCUT2D eigenvalue weighted by atomic mass is 9.90. The number of allylic oxidation sites excluding steroid dienone is 1. The summed E-state index contributed by atoms with van der Waals surface area (Å²) >= 11 is 1.78. The highest BCUT2D eigenvalue weighted by Crippen LogP contribution is 2.34. The number of thioether (sulfide) groups is 1. The van der Waals surface area contributed by atoms with Crippen molar-refractivity contribution in [1.29, 1.82) is 0 Å². The monoisotopic (exact) mass is 483 g/mol. The molecule has 0 bridgehead atoms. The van der Waals surface area contributed by atoms with Gasteiger partial charge in [0.2, 0.25) is 11.8 Å². The van der Waals surface area contributed by atoms with E-state index in [0.717, 1.165) is 22.7 Å². The van der Waals surface area contributed by atoms with E-state index >= 15 is 0 Å². The number of β-amino-alcohol motifs (C(OH)–C–C–N with tert-alkyl or cyclic N) is 1. The third kappa shape index (κ3) is 5.15. The van der Waals surface area contributed by atoms with E-state index < -0.39 is 18.1 Å². The van der Waals surface area contributed by atoms with E-state index in [1.54, 1.807) is 11.8 Å². The van der Waals surface area contributed by atoms with Gasteiger partial charge in [-0.25, -0.2) is 0 Å². The van der Waals surface area contributed by atoms with Crippen molar-refractivity contribution in [2.45, 2.75) is 58.7 Å². The minimum Gasteiger partial charge on any atom is -0.391 e. The third-order valence-electron chi connectivity index (χ3n) is 6.42. The van der Waals surface area contributed by atoms with E-state index in [1.807, 2.05) is 39.0 Å². The Morgan fingerprint density at radius 2 is 2.00 bits per heavy atom. The zero-order chi connectivity index (χ0) is 24.4. The number of likely N-dealkylation sites (tertiary alicyclic amines) is 1. The average molecular weight is 484 g/mol. The summed E-state index contributed by atoms with van der Waals surface area (Å²) in [4.78, 5) is 29.3. The molecule has 4 N–H and O–H groups in total. The minimum absolute atomic E-state index is 0.00199. The number of aromatic nitrogens is 2. The van der Waals surface area contributed by atoms with Crippen molar-refractivity contribution >= 4 is 28.5 Å². The molecule has 2 amide bonds. The van der Waals surface area contributed by atoms with E-state index in [2.05, 4.69) is 39.9 Å². The second kappa shape index (κ2) is 10.2.